The van der Waals surface area contributed by atoms with E-state index in [4.69, 9.17) is 16.5 Å². The first-order valence-corrected chi connectivity index (χ1v) is 8.75. The van der Waals surface area contributed by atoms with Gasteiger partial charge in [-0.1, -0.05) is 51.1 Å². The van der Waals surface area contributed by atoms with Crippen LogP contribution in [0.3, 0.4) is 0 Å². The second-order valence-corrected chi connectivity index (χ2v) is 6.86. The Bertz CT molecular complexity index is 745. The molecular formula is C20H23ClN2O3. The van der Waals surface area contributed by atoms with Gasteiger partial charge in [0.05, 0.1) is 6.61 Å². The van der Waals surface area contributed by atoms with Crippen molar-refractivity contribution in [2.75, 3.05) is 11.9 Å². The number of nitrogens with one attached hydrogen (secondary N) is 1. The molecule has 0 heterocycles. The lowest BCUT2D eigenvalue weighted by Gasteiger charge is -2.25. The molecule has 0 saturated carbocycles. The molecule has 26 heavy (non-hydrogen) atoms. The summed E-state index contributed by atoms with van der Waals surface area (Å²) in [6.45, 7) is 6.39. The fraction of sp³-hybridized carbons (Fsp3) is 0.300. The van der Waals surface area contributed by atoms with Crippen molar-refractivity contribution < 1.29 is 14.3 Å². The number of carbonyl (C=O) groups excluding carboxylic acids is 2. The average Bonchev–Trinajstić information content (AvgIpc) is 2.67. The van der Waals surface area contributed by atoms with Gasteiger partial charge in [0.1, 0.15) is 5.75 Å². The first-order valence-electron chi connectivity index (χ1n) is 8.41. The summed E-state index contributed by atoms with van der Waals surface area (Å²) < 4.78 is 6.43. The predicted molar refractivity (Wildman–Crippen MR) is 103 cm³/mol. The SMILES string of the molecule is CCC(=O)N(Cl)C(=O)Nc1ccc(OCC(C)(C)c2ccccc2)cc1. The van der Waals surface area contributed by atoms with E-state index in [0.29, 0.717) is 22.5 Å². The summed E-state index contributed by atoms with van der Waals surface area (Å²) in [6.07, 6.45) is 0.154. The highest BCUT2D eigenvalue weighted by Gasteiger charge is 2.21. The zero-order valence-electron chi connectivity index (χ0n) is 15.2. The number of imide groups is 1. The van der Waals surface area contributed by atoms with Crippen molar-refractivity contribution in [1.29, 1.82) is 0 Å². The molecule has 6 heteroatoms. The highest BCUT2D eigenvalue weighted by atomic mass is 35.5. The second-order valence-electron chi connectivity index (χ2n) is 6.52. The summed E-state index contributed by atoms with van der Waals surface area (Å²) in [5.74, 6) is 0.228. The molecule has 0 spiro atoms. The molecule has 0 unspecified atom stereocenters. The summed E-state index contributed by atoms with van der Waals surface area (Å²) in [6, 6.07) is 16.4. The monoisotopic (exact) mass is 374 g/mol. The minimum Gasteiger partial charge on any atom is -0.493 e. The molecule has 0 saturated heterocycles. The van der Waals surface area contributed by atoms with E-state index in [1.54, 1.807) is 31.2 Å². The number of urea groups is 1. The third-order valence-electron chi connectivity index (χ3n) is 3.96. The number of hydrogen-bond donors (Lipinski definition) is 1. The van der Waals surface area contributed by atoms with Crippen LogP contribution >= 0.6 is 11.8 Å². The van der Waals surface area contributed by atoms with Crippen molar-refractivity contribution >= 4 is 29.4 Å². The molecular weight excluding hydrogens is 352 g/mol. The van der Waals surface area contributed by atoms with Gasteiger partial charge in [-0.25, -0.2) is 4.79 Å². The van der Waals surface area contributed by atoms with Crippen LogP contribution in [-0.4, -0.2) is 23.0 Å². The van der Waals surface area contributed by atoms with Crippen LogP contribution in [-0.2, 0) is 10.2 Å². The van der Waals surface area contributed by atoms with E-state index in [1.165, 1.54) is 5.56 Å². The number of carbonyl (C=O) groups is 2. The van der Waals surface area contributed by atoms with Gasteiger partial charge in [-0.15, -0.1) is 0 Å². The summed E-state index contributed by atoms with van der Waals surface area (Å²) in [7, 11) is 0. The predicted octanol–water partition coefficient (Wildman–Crippen LogP) is 4.97. The van der Waals surface area contributed by atoms with Crippen LogP contribution in [0.15, 0.2) is 54.6 Å². The van der Waals surface area contributed by atoms with Crippen LogP contribution in [0.2, 0.25) is 0 Å². The number of benzene rings is 2. The number of amides is 3. The molecule has 0 radical (unpaired) electrons. The van der Waals surface area contributed by atoms with Crippen LogP contribution in [0, 0.1) is 0 Å². The van der Waals surface area contributed by atoms with Crippen LogP contribution < -0.4 is 10.1 Å². The standard InChI is InChI=1S/C20H23ClN2O3/c1-4-18(24)23(21)19(25)22-16-10-12-17(13-11-16)26-14-20(2,3)15-8-6-5-7-9-15/h5-13H,4,14H2,1-3H3,(H,22,25). The zero-order chi connectivity index (χ0) is 19.2. The summed E-state index contributed by atoms with van der Waals surface area (Å²) in [5.41, 5.74) is 1.60. The Kier molecular flexibility index (Phi) is 6.64. The first-order chi connectivity index (χ1) is 12.3. The van der Waals surface area contributed by atoms with E-state index in [-0.39, 0.29) is 11.8 Å². The third-order valence-corrected chi connectivity index (χ3v) is 4.30. The molecule has 2 rings (SSSR count). The highest BCUT2D eigenvalue weighted by molar-refractivity contribution is 6.31. The summed E-state index contributed by atoms with van der Waals surface area (Å²) in [4.78, 5) is 23.2. The quantitative estimate of drug-likeness (QED) is 0.726. The second kappa shape index (κ2) is 8.72. The van der Waals surface area contributed by atoms with Crippen LogP contribution in [0.4, 0.5) is 10.5 Å². The van der Waals surface area contributed by atoms with E-state index in [1.807, 2.05) is 18.2 Å². The largest absolute Gasteiger partial charge is 0.493 e. The maximum absolute atomic E-state index is 11.8. The van der Waals surface area contributed by atoms with Crippen molar-refractivity contribution in [3.8, 4) is 5.75 Å². The van der Waals surface area contributed by atoms with E-state index >= 15 is 0 Å². The van der Waals surface area contributed by atoms with E-state index < -0.39 is 11.9 Å². The smallest absolute Gasteiger partial charge is 0.343 e. The molecule has 0 aliphatic rings. The fourth-order valence-corrected chi connectivity index (χ4v) is 2.46. The topological polar surface area (TPSA) is 58.6 Å². The van der Waals surface area contributed by atoms with Crippen molar-refractivity contribution in [1.82, 2.24) is 4.42 Å². The molecule has 1 N–H and O–H groups in total. The lowest BCUT2D eigenvalue weighted by molar-refractivity contribution is -0.124. The Morgan fingerprint density at radius 3 is 2.27 bits per heavy atom. The van der Waals surface area contributed by atoms with E-state index in [0.717, 1.165) is 0 Å². The van der Waals surface area contributed by atoms with Gasteiger partial charge in [-0.05, 0) is 29.8 Å². The Balaban J connectivity index is 1.93. The number of hydrogen-bond acceptors (Lipinski definition) is 3. The van der Waals surface area contributed by atoms with E-state index in [9.17, 15) is 9.59 Å². The van der Waals surface area contributed by atoms with Crippen molar-refractivity contribution in [2.45, 2.75) is 32.6 Å². The Morgan fingerprint density at radius 2 is 1.69 bits per heavy atom. The number of nitrogens with zero attached hydrogens (tertiary/aromatic N) is 1. The van der Waals surface area contributed by atoms with Gasteiger partial charge >= 0.3 is 6.03 Å². The van der Waals surface area contributed by atoms with Gasteiger partial charge in [-0.3, -0.25) is 4.79 Å². The lowest BCUT2D eigenvalue weighted by atomic mass is 9.86. The molecule has 0 atom stereocenters. The number of anilines is 1. The zero-order valence-corrected chi connectivity index (χ0v) is 15.9. The van der Waals surface area contributed by atoms with E-state index in [2.05, 4.69) is 31.3 Å². The van der Waals surface area contributed by atoms with Gasteiger partial charge in [-0.2, -0.15) is 4.42 Å². The van der Waals surface area contributed by atoms with Crippen LogP contribution in [0.25, 0.3) is 0 Å². The maximum atomic E-state index is 11.8. The summed E-state index contributed by atoms with van der Waals surface area (Å²) >= 11 is 5.67. The molecule has 5 nitrogen and oxygen atoms in total. The molecule has 2 aromatic carbocycles. The van der Waals surface area contributed by atoms with Crippen molar-refractivity contribution in [3.63, 3.8) is 0 Å². The van der Waals surface area contributed by atoms with Gasteiger partial charge in [0.2, 0.25) is 5.91 Å². The normalized spacial score (nSPS) is 10.9. The van der Waals surface area contributed by atoms with Crippen LogP contribution in [0.1, 0.15) is 32.8 Å². The maximum Gasteiger partial charge on any atom is 0.343 e. The number of halogens is 1. The minimum atomic E-state index is -0.683. The van der Waals surface area contributed by atoms with Gasteiger partial charge in [0, 0.05) is 29.3 Å². The highest BCUT2D eigenvalue weighted by Crippen LogP contribution is 2.25. The number of rotatable bonds is 6. The van der Waals surface area contributed by atoms with Gasteiger partial charge in [0.15, 0.2) is 0 Å². The lowest BCUT2D eigenvalue weighted by Crippen LogP contribution is -2.31. The summed E-state index contributed by atoms with van der Waals surface area (Å²) in [5, 5.41) is 2.56. The Morgan fingerprint density at radius 1 is 1.08 bits per heavy atom. The molecule has 0 aromatic heterocycles. The molecule has 138 valence electrons. The Labute approximate surface area is 159 Å². The molecule has 0 aliphatic heterocycles. The third kappa shape index (κ3) is 5.23. The minimum absolute atomic E-state index is 0.131. The van der Waals surface area contributed by atoms with Gasteiger partial charge < -0.3 is 10.1 Å². The van der Waals surface area contributed by atoms with Crippen molar-refractivity contribution in [3.05, 3.63) is 60.2 Å². The molecule has 2 aromatic rings. The molecule has 0 fully saturated rings. The Hall–Kier alpha value is -2.53. The average molecular weight is 375 g/mol. The van der Waals surface area contributed by atoms with Crippen LogP contribution in [0.5, 0.6) is 5.75 Å². The first kappa shape index (κ1) is 19.8. The van der Waals surface area contributed by atoms with Crippen molar-refractivity contribution in [2.24, 2.45) is 0 Å². The molecule has 0 bridgehead atoms. The number of ether oxygens (including phenoxy) is 1. The van der Waals surface area contributed by atoms with Gasteiger partial charge in [0.25, 0.3) is 0 Å². The fourth-order valence-electron chi connectivity index (χ4n) is 2.30. The molecule has 0 aliphatic carbocycles. The molecule has 3 amide bonds.